The van der Waals surface area contributed by atoms with E-state index in [1.54, 1.807) is 18.2 Å². The van der Waals surface area contributed by atoms with E-state index in [0.717, 1.165) is 0 Å². The number of halogens is 2. The molecule has 0 saturated carbocycles. The van der Waals surface area contributed by atoms with Crippen molar-refractivity contribution in [3.8, 4) is 0 Å². The summed E-state index contributed by atoms with van der Waals surface area (Å²) < 4.78 is 0. The topological polar surface area (TPSA) is 66.4 Å². The Balaban J connectivity index is 2.65. The fraction of sp³-hybridized carbons (Fsp3) is 0.429. The Morgan fingerprint density at radius 1 is 1.25 bits per heavy atom. The van der Waals surface area contributed by atoms with E-state index in [-0.39, 0.29) is 18.2 Å². The Morgan fingerprint density at radius 2 is 1.90 bits per heavy atom. The lowest BCUT2D eigenvalue weighted by Crippen LogP contribution is -2.42. The number of hydrogen-bond acceptors (Lipinski definition) is 2. The lowest BCUT2D eigenvalue weighted by atomic mass is 10.0. The second-order valence-electron chi connectivity index (χ2n) is 5.01. The van der Waals surface area contributed by atoms with Crippen molar-refractivity contribution in [1.29, 1.82) is 0 Å². The minimum absolute atomic E-state index is 0.0682. The molecule has 0 saturated heterocycles. The first-order valence-corrected chi connectivity index (χ1v) is 7.01. The SMILES string of the molecule is CC(C)C[C@H](NC(=O)Cc1ccc(Cl)c(Cl)c1)C(=O)O. The summed E-state index contributed by atoms with van der Waals surface area (Å²) in [5, 5.41) is 12.4. The van der Waals surface area contributed by atoms with Gasteiger partial charge >= 0.3 is 5.97 Å². The maximum absolute atomic E-state index is 11.9. The zero-order chi connectivity index (χ0) is 15.3. The number of aliphatic carboxylic acids is 1. The zero-order valence-electron chi connectivity index (χ0n) is 11.3. The zero-order valence-corrected chi connectivity index (χ0v) is 12.8. The van der Waals surface area contributed by atoms with Crippen LogP contribution >= 0.6 is 23.2 Å². The number of carbonyl (C=O) groups is 2. The van der Waals surface area contributed by atoms with Gasteiger partial charge in [0, 0.05) is 0 Å². The van der Waals surface area contributed by atoms with Gasteiger partial charge in [-0.2, -0.15) is 0 Å². The Kier molecular flexibility index (Phi) is 6.30. The second kappa shape index (κ2) is 7.50. The highest BCUT2D eigenvalue weighted by atomic mass is 35.5. The molecule has 0 unspecified atom stereocenters. The smallest absolute Gasteiger partial charge is 0.326 e. The molecule has 1 atom stereocenters. The van der Waals surface area contributed by atoms with Crippen molar-refractivity contribution in [2.45, 2.75) is 32.7 Å². The predicted octanol–water partition coefficient (Wildman–Crippen LogP) is 3.15. The summed E-state index contributed by atoms with van der Waals surface area (Å²) in [5.74, 6) is -1.20. The van der Waals surface area contributed by atoms with Crippen molar-refractivity contribution in [3.05, 3.63) is 33.8 Å². The lowest BCUT2D eigenvalue weighted by Gasteiger charge is -2.16. The van der Waals surface area contributed by atoms with Gasteiger partial charge in [-0.1, -0.05) is 43.1 Å². The van der Waals surface area contributed by atoms with E-state index >= 15 is 0 Å². The van der Waals surface area contributed by atoms with Crippen LogP contribution in [-0.2, 0) is 16.0 Å². The van der Waals surface area contributed by atoms with Crippen LogP contribution in [0.25, 0.3) is 0 Å². The molecule has 0 bridgehead atoms. The van der Waals surface area contributed by atoms with Crippen LogP contribution in [0.3, 0.4) is 0 Å². The van der Waals surface area contributed by atoms with Gasteiger partial charge < -0.3 is 10.4 Å². The minimum Gasteiger partial charge on any atom is -0.480 e. The van der Waals surface area contributed by atoms with E-state index in [1.807, 2.05) is 13.8 Å². The summed E-state index contributed by atoms with van der Waals surface area (Å²) in [6, 6.07) is 4.02. The lowest BCUT2D eigenvalue weighted by molar-refractivity contribution is -0.142. The number of carboxylic acids is 1. The minimum atomic E-state index is -1.03. The monoisotopic (exact) mass is 317 g/mol. The summed E-state index contributed by atoms with van der Waals surface area (Å²) in [4.78, 5) is 22.9. The maximum Gasteiger partial charge on any atom is 0.326 e. The van der Waals surface area contributed by atoms with Crippen LogP contribution < -0.4 is 5.32 Å². The van der Waals surface area contributed by atoms with Gasteiger partial charge in [0.05, 0.1) is 16.5 Å². The fourth-order valence-corrected chi connectivity index (χ4v) is 2.09. The Hall–Kier alpha value is -1.26. The van der Waals surface area contributed by atoms with Gasteiger partial charge in [0.1, 0.15) is 6.04 Å². The Bertz CT molecular complexity index is 503. The summed E-state index contributed by atoms with van der Waals surface area (Å²) in [6.07, 6.45) is 0.460. The molecule has 20 heavy (non-hydrogen) atoms. The molecule has 1 aromatic rings. The third kappa shape index (κ3) is 5.39. The second-order valence-corrected chi connectivity index (χ2v) is 5.83. The summed E-state index contributed by atoms with van der Waals surface area (Å²) in [6.45, 7) is 3.81. The molecule has 0 radical (unpaired) electrons. The average molecular weight is 318 g/mol. The fourth-order valence-electron chi connectivity index (χ4n) is 1.77. The molecular weight excluding hydrogens is 301 g/mol. The maximum atomic E-state index is 11.9. The standard InChI is InChI=1S/C14H17Cl2NO3/c1-8(2)5-12(14(19)20)17-13(18)7-9-3-4-10(15)11(16)6-9/h3-4,6,8,12H,5,7H2,1-2H3,(H,17,18)(H,19,20)/t12-/m0/s1. The predicted molar refractivity (Wildman–Crippen MR) is 79.2 cm³/mol. The summed E-state index contributed by atoms with van der Waals surface area (Å²) in [5.41, 5.74) is 0.686. The highest BCUT2D eigenvalue weighted by Crippen LogP contribution is 2.22. The molecular formula is C14H17Cl2NO3. The number of amides is 1. The largest absolute Gasteiger partial charge is 0.480 e. The first-order valence-electron chi connectivity index (χ1n) is 6.25. The molecule has 1 rings (SSSR count). The van der Waals surface area contributed by atoms with Gasteiger partial charge in [-0.15, -0.1) is 0 Å². The summed E-state index contributed by atoms with van der Waals surface area (Å²) in [7, 11) is 0. The Morgan fingerprint density at radius 3 is 2.40 bits per heavy atom. The van der Waals surface area contributed by atoms with Gasteiger partial charge in [0.15, 0.2) is 0 Å². The van der Waals surface area contributed by atoms with Crippen LogP contribution in [-0.4, -0.2) is 23.0 Å². The van der Waals surface area contributed by atoms with E-state index in [2.05, 4.69) is 5.32 Å². The van der Waals surface area contributed by atoms with Crippen molar-refractivity contribution in [3.63, 3.8) is 0 Å². The quantitative estimate of drug-likeness (QED) is 0.847. The first kappa shape index (κ1) is 16.8. The molecule has 0 spiro atoms. The highest BCUT2D eigenvalue weighted by Gasteiger charge is 2.21. The molecule has 0 aliphatic heterocycles. The van der Waals surface area contributed by atoms with Crippen molar-refractivity contribution in [2.75, 3.05) is 0 Å². The summed E-state index contributed by atoms with van der Waals surface area (Å²) >= 11 is 11.7. The van der Waals surface area contributed by atoms with Gasteiger partial charge in [0.25, 0.3) is 0 Å². The van der Waals surface area contributed by atoms with E-state index in [0.29, 0.717) is 22.0 Å². The third-order valence-electron chi connectivity index (χ3n) is 2.69. The molecule has 0 fully saturated rings. The van der Waals surface area contributed by atoms with Crippen LogP contribution in [0.1, 0.15) is 25.8 Å². The van der Waals surface area contributed by atoms with Gasteiger partial charge in [-0.25, -0.2) is 4.79 Å². The molecule has 0 aliphatic rings. The molecule has 0 heterocycles. The molecule has 1 aromatic carbocycles. The first-order chi connectivity index (χ1) is 9.29. The number of benzene rings is 1. The van der Waals surface area contributed by atoms with Crippen LogP contribution in [0, 0.1) is 5.92 Å². The van der Waals surface area contributed by atoms with Crippen LogP contribution in [0.4, 0.5) is 0 Å². The van der Waals surface area contributed by atoms with E-state index in [4.69, 9.17) is 28.3 Å². The molecule has 0 aromatic heterocycles. The molecule has 4 nitrogen and oxygen atoms in total. The van der Waals surface area contributed by atoms with Gasteiger partial charge in [-0.05, 0) is 30.0 Å². The number of rotatable bonds is 6. The van der Waals surface area contributed by atoms with E-state index in [9.17, 15) is 9.59 Å². The average Bonchev–Trinajstić information content (AvgIpc) is 2.32. The van der Waals surface area contributed by atoms with Crippen molar-refractivity contribution in [2.24, 2.45) is 5.92 Å². The molecule has 1 amide bonds. The van der Waals surface area contributed by atoms with Crippen LogP contribution in [0.2, 0.25) is 10.0 Å². The van der Waals surface area contributed by atoms with Crippen molar-refractivity contribution >= 4 is 35.1 Å². The third-order valence-corrected chi connectivity index (χ3v) is 3.43. The van der Waals surface area contributed by atoms with Crippen molar-refractivity contribution in [1.82, 2.24) is 5.32 Å². The van der Waals surface area contributed by atoms with E-state index in [1.165, 1.54) is 0 Å². The van der Waals surface area contributed by atoms with Crippen LogP contribution in [0.15, 0.2) is 18.2 Å². The van der Waals surface area contributed by atoms with Gasteiger partial charge in [0.2, 0.25) is 5.91 Å². The highest BCUT2D eigenvalue weighted by molar-refractivity contribution is 6.42. The molecule has 110 valence electrons. The Labute approximate surface area is 128 Å². The van der Waals surface area contributed by atoms with Crippen LogP contribution in [0.5, 0.6) is 0 Å². The number of carbonyl (C=O) groups excluding carboxylic acids is 1. The number of nitrogens with one attached hydrogen (secondary N) is 1. The molecule has 6 heteroatoms. The van der Waals surface area contributed by atoms with Gasteiger partial charge in [-0.3, -0.25) is 4.79 Å². The molecule has 0 aliphatic carbocycles. The molecule has 2 N–H and O–H groups in total. The van der Waals surface area contributed by atoms with Crippen molar-refractivity contribution < 1.29 is 14.7 Å². The number of hydrogen-bond donors (Lipinski definition) is 2. The number of carboxylic acid groups (broad SMARTS) is 1. The normalized spacial score (nSPS) is 12.2. The van der Waals surface area contributed by atoms with E-state index < -0.39 is 12.0 Å².